The van der Waals surface area contributed by atoms with Crippen LogP contribution in [0.1, 0.15) is 32.3 Å². The normalized spacial score (nSPS) is 16.6. The molecule has 6 heteroatoms. The Morgan fingerprint density at radius 1 is 1.39 bits per heavy atom. The van der Waals surface area contributed by atoms with Crippen LogP contribution in [0.4, 0.5) is 9.18 Å². The number of hydrogen-bond acceptors (Lipinski definition) is 2. The first kappa shape index (κ1) is 18.2. The van der Waals surface area contributed by atoms with Crippen LogP contribution in [0, 0.1) is 11.7 Å². The van der Waals surface area contributed by atoms with Gasteiger partial charge in [0, 0.05) is 36.7 Å². The minimum atomic E-state index is -0.303. The van der Waals surface area contributed by atoms with Gasteiger partial charge in [0.25, 0.3) is 0 Å². The molecular formula is C17H25BrFN3O. The van der Waals surface area contributed by atoms with Gasteiger partial charge in [0.2, 0.25) is 0 Å². The molecule has 0 saturated carbocycles. The van der Waals surface area contributed by atoms with E-state index in [1.165, 1.54) is 12.1 Å². The molecular weight excluding hydrogens is 361 g/mol. The van der Waals surface area contributed by atoms with E-state index in [2.05, 4.69) is 45.3 Å². The summed E-state index contributed by atoms with van der Waals surface area (Å²) in [6, 6.07) is 4.49. The van der Waals surface area contributed by atoms with Crippen molar-refractivity contribution in [3.8, 4) is 0 Å². The first-order chi connectivity index (χ1) is 10.9. The van der Waals surface area contributed by atoms with Gasteiger partial charge in [-0.15, -0.1) is 0 Å². The molecule has 0 aliphatic carbocycles. The fourth-order valence-electron chi connectivity index (χ4n) is 2.87. The zero-order chi connectivity index (χ0) is 16.8. The maximum atomic E-state index is 13.2. The average Bonchev–Trinajstić information content (AvgIpc) is 2.50. The van der Waals surface area contributed by atoms with Gasteiger partial charge >= 0.3 is 6.03 Å². The molecule has 2 N–H and O–H groups in total. The van der Waals surface area contributed by atoms with E-state index in [1.54, 1.807) is 6.07 Å². The topological polar surface area (TPSA) is 44.4 Å². The third kappa shape index (κ3) is 6.11. The van der Waals surface area contributed by atoms with Crippen LogP contribution in [0.15, 0.2) is 22.7 Å². The Morgan fingerprint density at radius 2 is 2.09 bits per heavy atom. The minimum absolute atomic E-state index is 0.191. The summed E-state index contributed by atoms with van der Waals surface area (Å²) in [7, 11) is 0. The molecule has 23 heavy (non-hydrogen) atoms. The van der Waals surface area contributed by atoms with Crippen LogP contribution in [0.2, 0.25) is 0 Å². The van der Waals surface area contributed by atoms with Crippen LogP contribution < -0.4 is 10.6 Å². The van der Waals surface area contributed by atoms with Gasteiger partial charge in [0.1, 0.15) is 5.82 Å². The fraction of sp³-hybridized carbons (Fsp3) is 0.588. The van der Waals surface area contributed by atoms with Gasteiger partial charge in [0.15, 0.2) is 0 Å². The van der Waals surface area contributed by atoms with E-state index in [4.69, 9.17) is 0 Å². The molecule has 0 radical (unpaired) electrons. The van der Waals surface area contributed by atoms with Crippen molar-refractivity contribution in [1.29, 1.82) is 0 Å². The van der Waals surface area contributed by atoms with Crippen molar-refractivity contribution in [3.05, 3.63) is 34.1 Å². The summed E-state index contributed by atoms with van der Waals surface area (Å²) < 4.78 is 14.0. The Balaban J connectivity index is 1.72. The van der Waals surface area contributed by atoms with E-state index in [-0.39, 0.29) is 17.9 Å². The number of hydrogen-bond donors (Lipinski definition) is 2. The van der Waals surface area contributed by atoms with Crippen LogP contribution in [-0.2, 0) is 6.54 Å². The van der Waals surface area contributed by atoms with Crippen molar-refractivity contribution in [3.63, 3.8) is 0 Å². The molecule has 1 aromatic rings. The molecule has 0 spiro atoms. The van der Waals surface area contributed by atoms with Crippen LogP contribution >= 0.6 is 15.9 Å². The third-order valence-corrected chi connectivity index (χ3v) is 4.77. The van der Waals surface area contributed by atoms with Crippen molar-refractivity contribution in [2.24, 2.45) is 5.92 Å². The summed E-state index contributed by atoms with van der Waals surface area (Å²) in [4.78, 5) is 14.4. The lowest BCUT2D eigenvalue weighted by atomic mass is 10.0. The summed E-state index contributed by atoms with van der Waals surface area (Å²) in [5.41, 5.74) is 0.729. The van der Waals surface area contributed by atoms with E-state index in [0.717, 1.165) is 42.5 Å². The summed E-state index contributed by atoms with van der Waals surface area (Å²) in [6.45, 7) is 7.92. The molecule has 2 rings (SSSR count). The summed E-state index contributed by atoms with van der Waals surface area (Å²) in [5, 5.41) is 5.81. The molecule has 0 aromatic heterocycles. The molecule has 1 heterocycles. The number of halogens is 2. The van der Waals surface area contributed by atoms with Crippen molar-refractivity contribution in [2.75, 3.05) is 19.6 Å². The van der Waals surface area contributed by atoms with Crippen molar-refractivity contribution in [2.45, 2.75) is 39.3 Å². The summed E-state index contributed by atoms with van der Waals surface area (Å²) >= 11 is 3.36. The predicted octanol–water partition coefficient (Wildman–Crippen LogP) is 3.51. The first-order valence-electron chi connectivity index (χ1n) is 8.14. The molecule has 1 aliphatic heterocycles. The van der Waals surface area contributed by atoms with E-state index in [9.17, 15) is 9.18 Å². The zero-order valence-electron chi connectivity index (χ0n) is 13.7. The SMILES string of the molecule is CC(C)CN1CCC(NC(=O)NCc2cc(F)ccc2Br)CC1. The maximum absolute atomic E-state index is 13.2. The maximum Gasteiger partial charge on any atom is 0.315 e. The largest absolute Gasteiger partial charge is 0.335 e. The third-order valence-electron chi connectivity index (χ3n) is 3.99. The van der Waals surface area contributed by atoms with E-state index >= 15 is 0 Å². The second-order valence-corrected chi connectivity index (χ2v) is 7.39. The molecule has 1 aromatic carbocycles. The Morgan fingerprint density at radius 3 is 2.74 bits per heavy atom. The number of carbonyl (C=O) groups excluding carboxylic acids is 1. The average molecular weight is 386 g/mol. The Labute approximate surface area is 145 Å². The van der Waals surface area contributed by atoms with Crippen LogP contribution in [0.25, 0.3) is 0 Å². The highest BCUT2D eigenvalue weighted by atomic mass is 79.9. The summed E-state index contributed by atoms with van der Waals surface area (Å²) in [6.07, 6.45) is 1.95. The lowest BCUT2D eigenvalue weighted by molar-refractivity contribution is 0.178. The number of benzene rings is 1. The Bertz CT molecular complexity index is 531. The van der Waals surface area contributed by atoms with Gasteiger partial charge < -0.3 is 15.5 Å². The van der Waals surface area contributed by atoms with Gasteiger partial charge in [-0.3, -0.25) is 0 Å². The highest BCUT2D eigenvalue weighted by Crippen LogP contribution is 2.17. The molecule has 1 aliphatic rings. The van der Waals surface area contributed by atoms with Gasteiger partial charge in [-0.25, -0.2) is 9.18 Å². The highest BCUT2D eigenvalue weighted by Gasteiger charge is 2.20. The van der Waals surface area contributed by atoms with Crippen molar-refractivity contribution in [1.82, 2.24) is 15.5 Å². The highest BCUT2D eigenvalue weighted by molar-refractivity contribution is 9.10. The standard InChI is InChI=1S/C17H25BrFN3O/c1-12(2)11-22-7-5-15(6-8-22)21-17(23)20-10-13-9-14(19)3-4-16(13)18/h3-4,9,12,15H,5-8,10-11H2,1-2H3,(H2,20,21,23). The molecule has 0 unspecified atom stereocenters. The van der Waals surface area contributed by atoms with E-state index in [0.29, 0.717) is 12.5 Å². The number of urea groups is 1. The number of nitrogens with zero attached hydrogens (tertiary/aromatic N) is 1. The smallest absolute Gasteiger partial charge is 0.315 e. The quantitative estimate of drug-likeness (QED) is 0.814. The molecule has 128 valence electrons. The number of piperidine rings is 1. The number of carbonyl (C=O) groups is 1. The van der Waals surface area contributed by atoms with Crippen LogP contribution in [0.5, 0.6) is 0 Å². The first-order valence-corrected chi connectivity index (χ1v) is 8.94. The molecule has 0 bridgehead atoms. The Hall–Kier alpha value is -1.14. The lowest BCUT2D eigenvalue weighted by Gasteiger charge is -2.33. The second-order valence-electron chi connectivity index (χ2n) is 6.53. The molecule has 0 atom stereocenters. The zero-order valence-corrected chi connectivity index (χ0v) is 15.3. The van der Waals surface area contributed by atoms with Gasteiger partial charge in [-0.2, -0.15) is 0 Å². The molecule has 1 fully saturated rings. The fourth-order valence-corrected chi connectivity index (χ4v) is 3.25. The molecule has 2 amide bonds. The number of likely N-dealkylation sites (tertiary alicyclic amines) is 1. The summed E-state index contributed by atoms with van der Waals surface area (Å²) in [5.74, 6) is 0.371. The van der Waals surface area contributed by atoms with Crippen molar-refractivity contribution >= 4 is 22.0 Å². The van der Waals surface area contributed by atoms with Crippen molar-refractivity contribution < 1.29 is 9.18 Å². The number of amides is 2. The monoisotopic (exact) mass is 385 g/mol. The van der Waals surface area contributed by atoms with Crippen LogP contribution in [0.3, 0.4) is 0 Å². The molecule has 1 saturated heterocycles. The lowest BCUT2D eigenvalue weighted by Crippen LogP contribution is -2.48. The van der Waals surface area contributed by atoms with E-state index in [1.807, 2.05) is 0 Å². The number of nitrogens with one attached hydrogen (secondary N) is 2. The van der Waals surface area contributed by atoms with Gasteiger partial charge in [0.05, 0.1) is 0 Å². The minimum Gasteiger partial charge on any atom is -0.335 e. The van der Waals surface area contributed by atoms with E-state index < -0.39 is 0 Å². The predicted molar refractivity (Wildman–Crippen MR) is 93.8 cm³/mol. The van der Waals surface area contributed by atoms with Gasteiger partial charge in [-0.1, -0.05) is 29.8 Å². The Kier molecular flexibility index (Phi) is 6.84. The molecule has 4 nitrogen and oxygen atoms in total. The number of rotatable bonds is 5. The van der Waals surface area contributed by atoms with Gasteiger partial charge in [-0.05, 0) is 42.5 Å². The van der Waals surface area contributed by atoms with Crippen LogP contribution in [-0.4, -0.2) is 36.6 Å². The second kappa shape index (κ2) is 8.64.